The number of fused-ring (bicyclic) bond motifs is 1. The van der Waals surface area contributed by atoms with E-state index >= 15 is 0 Å². The molecule has 6 nitrogen and oxygen atoms in total. The van der Waals surface area contributed by atoms with E-state index in [9.17, 15) is 9.59 Å². The summed E-state index contributed by atoms with van der Waals surface area (Å²) in [6.07, 6.45) is 2.26. The van der Waals surface area contributed by atoms with Crippen LogP contribution in [0.4, 0.5) is 0 Å². The summed E-state index contributed by atoms with van der Waals surface area (Å²) < 4.78 is 11.5. The Morgan fingerprint density at radius 3 is 2.66 bits per heavy atom. The minimum atomic E-state index is -0.397. The van der Waals surface area contributed by atoms with Gasteiger partial charge in [-0.3, -0.25) is 14.5 Å². The minimum Gasteiger partial charge on any atom is -0.465 e. The molecule has 1 aromatic carbocycles. The highest BCUT2D eigenvalue weighted by atomic mass is 16.3. The Bertz CT molecular complexity index is 1060. The van der Waals surface area contributed by atoms with Gasteiger partial charge in [0.15, 0.2) is 11.2 Å². The van der Waals surface area contributed by atoms with Gasteiger partial charge in [-0.2, -0.15) is 0 Å². The van der Waals surface area contributed by atoms with Crippen molar-refractivity contribution >= 4 is 16.9 Å². The number of hydrogen-bond acceptors (Lipinski definition) is 5. The van der Waals surface area contributed by atoms with Crippen LogP contribution < -0.4 is 10.7 Å². The van der Waals surface area contributed by atoms with Crippen LogP contribution in [-0.4, -0.2) is 30.4 Å². The van der Waals surface area contributed by atoms with Crippen LogP contribution in [0.1, 0.15) is 47.9 Å². The molecule has 4 rings (SSSR count). The van der Waals surface area contributed by atoms with Gasteiger partial charge in [0.2, 0.25) is 0 Å². The van der Waals surface area contributed by atoms with E-state index in [0.717, 1.165) is 37.5 Å². The monoisotopic (exact) mass is 394 g/mol. The molecule has 1 saturated heterocycles. The summed E-state index contributed by atoms with van der Waals surface area (Å²) in [5, 5.41) is 3.40. The van der Waals surface area contributed by atoms with Crippen LogP contribution in [0, 0.1) is 12.8 Å². The number of rotatable bonds is 5. The lowest BCUT2D eigenvalue weighted by molar-refractivity contribution is 0.0870. The second-order valence-electron chi connectivity index (χ2n) is 7.86. The quantitative estimate of drug-likeness (QED) is 0.710. The molecule has 1 fully saturated rings. The smallest absolute Gasteiger partial charge is 0.287 e. The highest BCUT2D eigenvalue weighted by Crippen LogP contribution is 2.27. The lowest BCUT2D eigenvalue weighted by Gasteiger charge is -2.35. The maximum absolute atomic E-state index is 12.7. The molecule has 0 saturated carbocycles. The topological polar surface area (TPSA) is 75.7 Å². The predicted molar refractivity (Wildman–Crippen MR) is 111 cm³/mol. The van der Waals surface area contributed by atoms with Crippen LogP contribution >= 0.6 is 0 Å². The average molecular weight is 394 g/mol. The van der Waals surface area contributed by atoms with Crippen LogP contribution in [0.5, 0.6) is 0 Å². The first-order valence-electron chi connectivity index (χ1n) is 10.1. The van der Waals surface area contributed by atoms with Crippen molar-refractivity contribution in [1.82, 2.24) is 10.2 Å². The molecular formula is C23H26N2O4. The Hall–Kier alpha value is -2.86. The number of hydrogen-bond donors (Lipinski definition) is 1. The van der Waals surface area contributed by atoms with Crippen molar-refractivity contribution in [2.24, 2.45) is 5.92 Å². The van der Waals surface area contributed by atoms with Gasteiger partial charge < -0.3 is 14.2 Å². The molecule has 2 aromatic heterocycles. The number of nitrogens with zero attached hydrogens (tertiary/aromatic N) is 1. The van der Waals surface area contributed by atoms with Crippen molar-refractivity contribution in [2.75, 3.05) is 19.6 Å². The number of carbonyl (C=O) groups excluding carboxylic acids is 1. The molecule has 0 bridgehead atoms. The summed E-state index contributed by atoms with van der Waals surface area (Å²) in [4.78, 5) is 27.4. The van der Waals surface area contributed by atoms with Crippen molar-refractivity contribution in [1.29, 1.82) is 0 Å². The summed E-state index contributed by atoms with van der Waals surface area (Å²) in [5.74, 6) is 2.04. The van der Waals surface area contributed by atoms with Gasteiger partial charge in [0.25, 0.3) is 5.91 Å². The molecule has 0 aliphatic carbocycles. The van der Waals surface area contributed by atoms with Gasteiger partial charge in [-0.25, -0.2) is 0 Å². The molecule has 0 spiro atoms. The largest absolute Gasteiger partial charge is 0.465 e. The summed E-state index contributed by atoms with van der Waals surface area (Å²) in [7, 11) is 0. The molecule has 3 aromatic rings. The summed E-state index contributed by atoms with van der Waals surface area (Å²) in [6.45, 7) is 6.50. The van der Waals surface area contributed by atoms with Crippen LogP contribution in [0.2, 0.25) is 0 Å². The molecule has 1 atom stereocenters. The van der Waals surface area contributed by atoms with Crippen molar-refractivity contribution in [3.63, 3.8) is 0 Å². The molecule has 1 N–H and O–H groups in total. The Balaban J connectivity index is 1.52. The molecule has 29 heavy (non-hydrogen) atoms. The van der Waals surface area contributed by atoms with Crippen molar-refractivity contribution in [3.8, 4) is 0 Å². The summed E-state index contributed by atoms with van der Waals surface area (Å²) >= 11 is 0. The molecule has 3 heterocycles. The molecule has 1 aliphatic rings. The van der Waals surface area contributed by atoms with E-state index in [2.05, 4.69) is 17.1 Å². The van der Waals surface area contributed by atoms with Gasteiger partial charge in [-0.05, 0) is 63.0 Å². The molecule has 152 valence electrons. The third-order valence-corrected chi connectivity index (χ3v) is 5.66. The van der Waals surface area contributed by atoms with E-state index in [-0.39, 0.29) is 17.2 Å². The number of amides is 1. The number of likely N-dealkylation sites (tertiary alicyclic amines) is 1. The van der Waals surface area contributed by atoms with Crippen LogP contribution in [0.3, 0.4) is 0 Å². The number of nitrogens with one attached hydrogen (secondary N) is 1. The van der Waals surface area contributed by atoms with Gasteiger partial charge in [0.05, 0.1) is 11.4 Å². The average Bonchev–Trinajstić information content (AvgIpc) is 3.15. The van der Waals surface area contributed by atoms with Gasteiger partial charge in [-0.1, -0.05) is 19.1 Å². The van der Waals surface area contributed by atoms with Crippen molar-refractivity contribution in [2.45, 2.75) is 32.7 Å². The molecule has 1 amide bonds. The molecular weight excluding hydrogens is 368 g/mol. The van der Waals surface area contributed by atoms with Crippen LogP contribution in [0.15, 0.2) is 56.1 Å². The fraction of sp³-hybridized carbons (Fsp3) is 0.391. The highest BCUT2D eigenvalue weighted by Gasteiger charge is 2.27. The predicted octanol–water partition coefficient (Wildman–Crippen LogP) is 3.90. The lowest BCUT2D eigenvalue weighted by atomic mass is 9.97. The summed E-state index contributed by atoms with van der Waals surface area (Å²) in [5.41, 5.74) is 0.189. The Labute approximate surface area is 169 Å². The number of aryl methyl sites for hydroxylation is 1. The second kappa shape index (κ2) is 8.25. The fourth-order valence-electron chi connectivity index (χ4n) is 3.87. The van der Waals surface area contributed by atoms with E-state index in [1.807, 2.05) is 19.1 Å². The molecule has 0 radical (unpaired) electrons. The Morgan fingerprint density at radius 1 is 1.17 bits per heavy atom. The molecule has 6 heteroatoms. The number of carbonyl (C=O) groups is 1. The first-order chi connectivity index (χ1) is 14.0. The van der Waals surface area contributed by atoms with Gasteiger partial charge in [-0.15, -0.1) is 0 Å². The van der Waals surface area contributed by atoms with Gasteiger partial charge in [0.1, 0.15) is 17.1 Å². The van der Waals surface area contributed by atoms with E-state index < -0.39 is 5.91 Å². The minimum absolute atomic E-state index is 0.0235. The number of para-hydroxylation sites is 1. The Kier molecular flexibility index (Phi) is 5.53. The zero-order chi connectivity index (χ0) is 20.4. The van der Waals surface area contributed by atoms with E-state index in [1.165, 1.54) is 6.07 Å². The van der Waals surface area contributed by atoms with E-state index in [1.54, 1.807) is 24.3 Å². The number of benzene rings is 1. The standard InChI is InChI=1S/C23H26N2O4/c1-15-9-11-25(12-10-15)18(21-8-7-16(2)28-21)14-24-23(27)22-13-19(26)17-5-3-4-6-20(17)29-22/h3-8,13,15,18H,9-12,14H2,1-2H3,(H,24,27). The molecule has 1 unspecified atom stereocenters. The third-order valence-electron chi connectivity index (χ3n) is 5.66. The third kappa shape index (κ3) is 4.27. The zero-order valence-corrected chi connectivity index (χ0v) is 16.8. The van der Waals surface area contributed by atoms with E-state index in [4.69, 9.17) is 8.83 Å². The fourth-order valence-corrected chi connectivity index (χ4v) is 3.87. The van der Waals surface area contributed by atoms with Crippen LogP contribution in [-0.2, 0) is 0 Å². The van der Waals surface area contributed by atoms with E-state index in [0.29, 0.717) is 23.4 Å². The van der Waals surface area contributed by atoms with Crippen molar-refractivity contribution in [3.05, 3.63) is 70.0 Å². The first-order valence-corrected chi connectivity index (χ1v) is 10.1. The second-order valence-corrected chi connectivity index (χ2v) is 7.86. The molecule has 1 aliphatic heterocycles. The number of furan rings is 1. The summed E-state index contributed by atoms with van der Waals surface area (Å²) in [6, 6.07) is 12.1. The maximum Gasteiger partial charge on any atom is 0.287 e. The first kappa shape index (κ1) is 19.5. The highest BCUT2D eigenvalue weighted by molar-refractivity contribution is 5.93. The maximum atomic E-state index is 12.7. The Morgan fingerprint density at radius 2 is 1.93 bits per heavy atom. The SMILES string of the molecule is Cc1ccc(C(CNC(=O)c2cc(=O)c3ccccc3o2)N2CCC(C)CC2)o1. The zero-order valence-electron chi connectivity index (χ0n) is 16.8. The lowest BCUT2D eigenvalue weighted by Crippen LogP contribution is -2.41. The van der Waals surface area contributed by atoms with Crippen molar-refractivity contribution < 1.29 is 13.6 Å². The number of piperidine rings is 1. The van der Waals surface area contributed by atoms with Gasteiger partial charge in [0, 0.05) is 12.6 Å². The normalized spacial score (nSPS) is 16.8. The van der Waals surface area contributed by atoms with Gasteiger partial charge >= 0.3 is 0 Å². The van der Waals surface area contributed by atoms with Crippen LogP contribution in [0.25, 0.3) is 11.0 Å².